The fraction of sp³-hybridized carbons (Fsp3) is 0.0690. The maximum atomic E-state index is 13.4. The van der Waals surface area contributed by atoms with E-state index in [0.717, 1.165) is 11.3 Å². The summed E-state index contributed by atoms with van der Waals surface area (Å²) in [7, 11) is 0. The summed E-state index contributed by atoms with van der Waals surface area (Å²) in [6.07, 6.45) is 3.29. The van der Waals surface area contributed by atoms with Crippen molar-refractivity contribution in [1.29, 1.82) is 5.26 Å². The Morgan fingerprint density at radius 2 is 1.76 bits per heavy atom. The second-order valence-corrected chi connectivity index (χ2v) is 10.0. The summed E-state index contributed by atoms with van der Waals surface area (Å²) < 4.78 is 11.3. The molecule has 5 rings (SSSR count). The van der Waals surface area contributed by atoms with Gasteiger partial charge in [0.25, 0.3) is 5.91 Å². The van der Waals surface area contributed by atoms with Gasteiger partial charge in [0.1, 0.15) is 12.4 Å². The number of para-hydroxylation sites is 1. The number of thioether (sulfide) groups is 1. The SMILES string of the molecule is N#Cc1ccccc1COc1c(Cl)cc(/C=C2\SC(=Nc3ccccc3)N(Cc3ccco3)C2=O)cc1Cl. The molecule has 1 fully saturated rings. The Balaban J connectivity index is 1.41. The minimum Gasteiger partial charge on any atom is -0.486 e. The number of nitriles is 1. The number of carbonyl (C=O) groups is 1. The van der Waals surface area contributed by atoms with E-state index in [1.165, 1.54) is 11.8 Å². The number of amides is 1. The number of halogens is 2. The highest BCUT2D eigenvalue weighted by Crippen LogP contribution is 2.39. The quantitative estimate of drug-likeness (QED) is 0.215. The van der Waals surface area contributed by atoms with E-state index in [-0.39, 0.29) is 19.1 Å². The van der Waals surface area contributed by atoms with Crippen LogP contribution in [0.2, 0.25) is 10.0 Å². The number of carbonyl (C=O) groups excluding carboxylic acids is 1. The molecule has 0 radical (unpaired) electrons. The highest BCUT2D eigenvalue weighted by molar-refractivity contribution is 8.18. The molecule has 188 valence electrons. The minimum absolute atomic E-state index is 0.138. The summed E-state index contributed by atoms with van der Waals surface area (Å²) in [5, 5.41) is 10.4. The Morgan fingerprint density at radius 1 is 1.03 bits per heavy atom. The molecule has 4 aromatic rings. The van der Waals surface area contributed by atoms with Crippen molar-refractivity contribution in [3.05, 3.63) is 123 Å². The number of benzene rings is 3. The Bertz CT molecular complexity index is 1560. The van der Waals surface area contributed by atoms with Gasteiger partial charge in [0.2, 0.25) is 0 Å². The summed E-state index contributed by atoms with van der Waals surface area (Å²) in [4.78, 5) is 20.1. The molecular weight excluding hydrogens is 541 g/mol. The molecule has 0 atom stereocenters. The van der Waals surface area contributed by atoms with Gasteiger partial charge >= 0.3 is 0 Å². The third-order valence-electron chi connectivity index (χ3n) is 5.59. The number of amidine groups is 1. The molecule has 1 amide bonds. The van der Waals surface area contributed by atoms with Gasteiger partial charge in [-0.15, -0.1) is 0 Å². The van der Waals surface area contributed by atoms with E-state index in [4.69, 9.17) is 32.4 Å². The van der Waals surface area contributed by atoms with E-state index in [1.807, 2.05) is 48.5 Å². The average molecular weight is 560 g/mol. The Hall–Kier alpha value is -3.96. The van der Waals surface area contributed by atoms with E-state index >= 15 is 0 Å². The second kappa shape index (κ2) is 11.6. The Morgan fingerprint density at radius 3 is 2.47 bits per heavy atom. The molecule has 0 spiro atoms. The van der Waals surface area contributed by atoms with Crippen LogP contribution >= 0.6 is 35.0 Å². The van der Waals surface area contributed by atoms with Gasteiger partial charge < -0.3 is 9.15 Å². The van der Waals surface area contributed by atoms with Gasteiger partial charge in [0.15, 0.2) is 10.9 Å². The first-order chi connectivity index (χ1) is 18.5. The smallest absolute Gasteiger partial charge is 0.267 e. The largest absolute Gasteiger partial charge is 0.486 e. The first-order valence-electron chi connectivity index (χ1n) is 11.5. The lowest BCUT2D eigenvalue weighted by Gasteiger charge is -2.13. The molecule has 38 heavy (non-hydrogen) atoms. The number of nitrogens with zero attached hydrogens (tertiary/aromatic N) is 3. The van der Waals surface area contributed by atoms with Crippen molar-refractivity contribution in [2.24, 2.45) is 4.99 Å². The Kier molecular flexibility index (Phi) is 7.85. The first-order valence-corrected chi connectivity index (χ1v) is 13.1. The molecule has 0 saturated carbocycles. The normalized spacial score (nSPS) is 15.3. The summed E-state index contributed by atoms with van der Waals surface area (Å²) in [6.45, 7) is 0.388. The van der Waals surface area contributed by atoms with Crippen LogP contribution < -0.4 is 4.74 Å². The van der Waals surface area contributed by atoms with Crippen LogP contribution in [0.5, 0.6) is 5.75 Å². The molecule has 1 aliphatic rings. The van der Waals surface area contributed by atoms with Crippen LogP contribution in [0.25, 0.3) is 6.08 Å². The second-order valence-electron chi connectivity index (χ2n) is 8.18. The fourth-order valence-electron chi connectivity index (χ4n) is 3.76. The summed E-state index contributed by atoms with van der Waals surface area (Å²) in [6, 6.07) is 25.7. The third kappa shape index (κ3) is 5.79. The number of aliphatic imine (C=N–C) groups is 1. The average Bonchev–Trinajstić information content (AvgIpc) is 3.53. The molecule has 0 N–H and O–H groups in total. The zero-order valence-corrected chi connectivity index (χ0v) is 22.1. The molecule has 1 aliphatic heterocycles. The monoisotopic (exact) mass is 559 g/mol. The molecule has 6 nitrogen and oxygen atoms in total. The van der Waals surface area contributed by atoms with Crippen molar-refractivity contribution in [3.8, 4) is 11.8 Å². The van der Waals surface area contributed by atoms with Crippen molar-refractivity contribution >= 4 is 57.8 Å². The predicted octanol–water partition coefficient (Wildman–Crippen LogP) is 7.84. The van der Waals surface area contributed by atoms with Gasteiger partial charge in [-0.25, -0.2) is 4.99 Å². The van der Waals surface area contributed by atoms with Crippen LogP contribution in [0.1, 0.15) is 22.5 Å². The van der Waals surface area contributed by atoms with Gasteiger partial charge in [-0.3, -0.25) is 9.69 Å². The summed E-state index contributed by atoms with van der Waals surface area (Å²) in [5.41, 5.74) is 2.62. The van der Waals surface area contributed by atoms with Crippen molar-refractivity contribution in [1.82, 2.24) is 4.90 Å². The topological polar surface area (TPSA) is 78.8 Å². The first kappa shape index (κ1) is 25.7. The highest BCUT2D eigenvalue weighted by atomic mass is 35.5. The van der Waals surface area contributed by atoms with E-state index < -0.39 is 0 Å². The lowest BCUT2D eigenvalue weighted by atomic mass is 10.1. The van der Waals surface area contributed by atoms with Crippen LogP contribution in [0.4, 0.5) is 5.69 Å². The third-order valence-corrected chi connectivity index (χ3v) is 7.16. The highest BCUT2D eigenvalue weighted by Gasteiger charge is 2.34. The number of furan rings is 1. The van der Waals surface area contributed by atoms with Gasteiger partial charge in [0, 0.05) is 5.56 Å². The summed E-state index contributed by atoms with van der Waals surface area (Å²) in [5.74, 6) is 0.743. The van der Waals surface area contributed by atoms with Gasteiger partial charge in [-0.05, 0) is 65.9 Å². The van der Waals surface area contributed by atoms with E-state index in [0.29, 0.717) is 42.8 Å². The van der Waals surface area contributed by atoms with Crippen LogP contribution in [0.3, 0.4) is 0 Å². The maximum absolute atomic E-state index is 13.4. The molecular formula is C29H19Cl2N3O3S. The number of rotatable bonds is 7. The van der Waals surface area contributed by atoms with Gasteiger partial charge in [-0.1, -0.05) is 59.6 Å². The standard InChI is InChI=1S/C29H19Cl2N3O3S/c30-24-13-19(14-25(31)27(24)37-18-21-8-5-4-7-20(21)16-32)15-26-28(35)34(17-23-11-6-12-36-23)29(38-26)33-22-9-2-1-3-10-22/h1-15H,17-18H2/b26-15-,33-29?. The minimum atomic E-state index is -0.207. The summed E-state index contributed by atoms with van der Waals surface area (Å²) >= 11 is 14.3. The van der Waals surface area contributed by atoms with Crippen molar-refractivity contribution in [2.45, 2.75) is 13.2 Å². The van der Waals surface area contributed by atoms with Crippen LogP contribution in [-0.2, 0) is 17.9 Å². The lowest BCUT2D eigenvalue weighted by Crippen LogP contribution is -2.28. The Labute approximate surface area is 233 Å². The van der Waals surface area contributed by atoms with Crippen LogP contribution in [-0.4, -0.2) is 16.0 Å². The number of hydrogen-bond acceptors (Lipinski definition) is 6. The van der Waals surface area contributed by atoms with Crippen molar-refractivity contribution in [3.63, 3.8) is 0 Å². The predicted molar refractivity (Wildman–Crippen MR) is 150 cm³/mol. The van der Waals surface area contributed by atoms with E-state index in [1.54, 1.807) is 47.6 Å². The zero-order valence-electron chi connectivity index (χ0n) is 19.8. The van der Waals surface area contributed by atoms with E-state index in [2.05, 4.69) is 11.1 Å². The molecule has 0 bridgehead atoms. The number of ether oxygens (including phenoxy) is 1. The van der Waals surface area contributed by atoms with Crippen molar-refractivity contribution < 1.29 is 13.9 Å². The van der Waals surface area contributed by atoms with Crippen LogP contribution in [0, 0.1) is 11.3 Å². The maximum Gasteiger partial charge on any atom is 0.267 e. The zero-order chi connectivity index (χ0) is 26.5. The van der Waals surface area contributed by atoms with Gasteiger partial charge in [-0.2, -0.15) is 5.26 Å². The van der Waals surface area contributed by atoms with Crippen molar-refractivity contribution in [2.75, 3.05) is 0 Å². The molecule has 0 aliphatic carbocycles. The molecule has 1 aromatic heterocycles. The molecule has 2 heterocycles. The lowest BCUT2D eigenvalue weighted by molar-refractivity contribution is -0.122. The van der Waals surface area contributed by atoms with Crippen LogP contribution in [0.15, 0.2) is 99.4 Å². The number of hydrogen-bond donors (Lipinski definition) is 0. The molecule has 9 heteroatoms. The molecule has 1 saturated heterocycles. The molecule has 3 aromatic carbocycles. The van der Waals surface area contributed by atoms with Gasteiger partial charge in [0.05, 0.1) is 45.1 Å². The van der Waals surface area contributed by atoms with E-state index in [9.17, 15) is 10.1 Å². The fourth-order valence-corrected chi connectivity index (χ4v) is 5.37. The molecule has 0 unspecified atom stereocenters.